The van der Waals surface area contributed by atoms with Crippen LogP contribution in [0.2, 0.25) is 5.02 Å². The molecule has 0 aliphatic carbocycles. The van der Waals surface area contributed by atoms with Gasteiger partial charge in [-0.2, -0.15) is 0 Å². The maximum Gasteiger partial charge on any atom is 0.242 e. The Morgan fingerprint density at radius 3 is 2.52 bits per heavy atom. The van der Waals surface area contributed by atoms with Gasteiger partial charge in [0.15, 0.2) is 0 Å². The van der Waals surface area contributed by atoms with Gasteiger partial charge in [-0.15, -0.1) is 11.6 Å². The standard InChI is InChI=1S/C14H12Cl2FNO2S/c15-8-10-2-1-3-11(6-10)9-18-21(19,20)14-7-12(17)4-5-13(14)16/h1-7,18H,8-9H2. The minimum atomic E-state index is -3.89. The first-order valence-electron chi connectivity index (χ1n) is 6.01. The summed E-state index contributed by atoms with van der Waals surface area (Å²) in [5, 5.41) is -0.0293. The third-order valence-electron chi connectivity index (χ3n) is 2.79. The zero-order valence-electron chi connectivity index (χ0n) is 10.8. The molecule has 0 heterocycles. The lowest BCUT2D eigenvalue weighted by Gasteiger charge is -2.09. The second kappa shape index (κ2) is 6.75. The Morgan fingerprint density at radius 1 is 1.10 bits per heavy atom. The van der Waals surface area contributed by atoms with E-state index < -0.39 is 15.8 Å². The van der Waals surface area contributed by atoms with E-state index >= 15 is 0 Å². The average molecular weight is 348 g/mol. The number of sulfonamides is 1. The van der Waals surface area contributed by atoms with Crippen molar-refractivity contribution < 1.29 is 12.8 Å². The molecular formula is C14H12Cl2FNO2S. The van der Waals surface area contributed by atoms with E-state index in [2.05, 4.69) is 4.72 Å². The highest BCUT2D eigenvalue weighted by atomic mass is 35.5. The molecule has 0 fully saturated rings. The zero-order valence-corrected chi connectivity index (χ0v) is 13.1. The summed E-state index contributed by atoms with van der Waals surface area (Å²) in [6, 6.07) is 10.4. The van der Waals surface area contributed by atoms with Crippen molar-refractivity contribution in [2.75, 3.05) is 0 Å². The molecule has 21 heavy (non-hydrogen) atoms. The van der Waals surface area contributed by atoms with Crippen LogP contribution in [0, 0.1) is 5.82 Å². The van der Waals surface area contributed by atoms with Crippen LogP contribution >= 0.6 is 23.2 Å². The predicted octanol–water partition coefficient (Wildman–Crippen LogP) is 3.70. The van der Waals surface area contributed by atoms with E-state index in [1.54, 1.807) is 18.2 Å². The van der Waals surface area contributed by atoms with Gasteiger partial charge in [0.05, 0.1) is 5.02 Å². The summed E-state index contributed by atoms with van der Waals surface area (Å²) in [6.45, 7) is 0.0693. The molecule has 0 aromatic heterocycles. The van der Waals surface area contributed by atoms with Gasteiger partial charge in [-0.25, -0.2) is 17.5 Å². The van der Waals surface area contributed by atoms with Crippen molar-refractivity contribution in [1.82, 2.24) is 4.72 Å². The van der Waals surface area contributed by atoms with Crippen LogP contribution in [0.4, 0.5) is 4.39 Å². The Balaban J connectivity index is 2.19. The fourth-order valence-electron chi connectivity index (χ4n) is 1.76. The van der Waals surface area contributed by atoms with Crippen LogP contribution in [-0.4, -0.2) is 8.42 Å². The fraction of sp³-hybridized carbons (Fsp3) is 0.143. The number of hydrogen-bond acceptors (Lipinski definition) is 2. The highest BCUT2D eigenvalue weighted by Gasteiger charge is 2.18. The lowest BCUT2D eigenvalue weighted by molar-refractivity contribution is 0.577. The third kappa shape index (κ3) is 4.17. The van der Waals surface area contributed by atoms with Crippen molar-refractivity contribution >= 4 is 33.2 Å². The van der Waals surface area contributed by atoms with Crippen LogP contribution in [-0.2, 0) is 22.4 Å². The topological polar surface area (TPSA) is 46.2 Å². The largest absolute Gasteiger partial charge is 0.242 e. The van der Waals surface area contributed by atoms with E-state index in [9.17, 15) is 12.8 Å². The molecule has 7 heteroatoms. The van der Waals surface area contributed by atoms with Crippen molar-refractivity contribution in [2.24, 2.45) is 0 Å². The Morgan fingerprint density at radius 2 is 1.81 bits per heavy atom. The van der Waals surface area contributed by atoms with Crippen LogP contribution in [0.3, 0.4) is 0 Å². The Bertz CT molecular complexity index is 750. The quantitative estimate of drug-likeness (QED) is 0.838. The first-order chi connectivity index (χ1) is 9.92. The zero-order chi connectivity index (χ0) is 15.5. The maximum atomic E-state index is 13.2. The molecule has 0 aliphatic rings. The van der Waals surface area contributed by atoms with Crippen LogP contribution < -0.4 is 4.72 Å². The van der Waals surface area contributed by atoms with Crippen molar-refractivity contribution in [1.29, 1.82) is 0 Å². The molecule has 2 rings (SSSR count). The predicted molar refractivity (Wildman–Crippen MR) is 81.4 cm³/mol. The number of nitrogens with one attached hydrogen (secondary N) is 1. The Hall–Kier alpha value is -1.14. The molecule has 112 valence electrons. The molecule has 2 aromatic rings. The second-order valence-corrected chi connectivity index (χ2v) is 6.76. The first kappa shape index (κ1) is 16.2. The van der Waals surface area contributed by atoms with E-state index in [1.807, 2.05) is 6.07 Å². The molecule has 0 saturated heterocycles. The number of hydrogen-bond donors (Lipinski definition) is 1. The fourth-order valence-corrected chi connectivity index (χ4v) is 3.46. The maximum absolute atomic E-state index is 13.2. The number of halogens is 3. The number of rotatable bonds is 5. The van der Waals surface area contributed by atoms with Crippen LogP contribution in [0.25, 0.3) is 0 Å². The van der Waals surface area contributed by atoms with Crippen molar-refractivity contribution in [3.8, 4) is 0 Å². The highest BCUT2D eigenvalue weighted by Crippen LogP contribution is 2.22. The Labute approximate surface area is 132 Å². The van der Waals surface area contributed by atoms with E-state index in [-0.39, 0.29) is 16.5 Å². The molecule has 0 radical (unpaired) electrons. The first-order valence-corrected chi connectivity index (χ1v) is 8.40. The van der Waals surface area contributed by atoms with Crippen molar-refractivity contribution in [3.05, 3.63) is 64.4 Å². The third-order valence-corrected chi connectivity index (χ3v) is 4.99. The highest BCUT2D eigenvalue weighted by molar-refractivity contribution is 7.89. The monoisotopic (exact) mass is 347 g/mol. The van der Waals surface area contributed by atoms with Gasteiger partial charge in [0.25, 0.3) is 0 Å². The summed E-state index contributed by atoms with van der Waals surface area (Å²) in [6.07, 6.45) is 0. The van der Waals surface area contributed by atoms with Gasteiger partial charge in [0.2, 0.25) is 10.0 Å². The minimum Gasteiger partial charge on any atom is -0.207 e. The summed E-state index contributed by atoms with van der Waals surface area (Å²) in [5.41, 5.74) is 1.64. The van der Waals surface area contributed by atoms with Crippen molar-refractivity contribution in [3.63, 3.8) is 0 Å². The van der Waals surface area contributed by atoms with Gasteiger partial charge in [-0.1, -0.05) is 35.9 Å². The molecule has 2 aromatic carbocycles. The van der Waals surface area contributed by atoms with Gasteiger partial charge in [0, 0.05) is 12.4 Å². The lowest BCUT2D eigenvalue weighted by atomic mass is 10.1. The van der Waals surface area contributed by atoms with E-state index in [0.29, 0.717) is 5.88 Å². The molecule has 0 atom stereocenters. The molecule has 0 unspecified atom stereocenters. The van der Waals surface area contributed by atoms with E-state index in [1.165, 1.54) is 6.07 Å². The molecule has 0 amide bonds. The molecule has 1 N–H and O–H groups in total. The summed E-state index contributed by atoms with van der Waals surface area (Å²) < 4.78 is 39.9. The van der Waals surface area contributed by atoms with Crippen LogP contribution in [0.1, 0.15) is 11.1 Å². The smallest absolute Gasteiger partial charge is 0.207 e. The minimum absolute atomic E-state index is 0.0293. The number of benzene rings is 2. The summed E-state index contributed by atoms with van der Waals surface area (Å²) in [5.74, 6) is -0.319. The average Bonchev–Trinajstić information content (AvgIpc) is 2.48. The SMILES string of the molecule is O=S(=O)(NCc1cccc(CCl)c1)c1cc(F)ccc1Cl. The Kier molecular flexibility index (Phi) is 5.22. The summed E-state index contributed by atoms with van der Waals surface area (Å²) in [7, 11) is -3.89. The second-order valence-electron chi connectivity index (χ2n) is 4.35. The molecule has 0 bridgehead atoms. The summed E-state index contributed by atoms with van der Waals surface area (Å²) >= 11 is 11.5. The number of alkyl halides is 1. The van der Waals surface area contributed by atoms with Gasteiger partial charge in [0.1, 0.15) is 10.7 Å². The normalized spacial score (nSPS) is 11.6. The van der Waals surface area contributed by atoms with Gasteiger partial charge < -0.3 is 0 Å². The molecule has 3 nitrogen and oxygen atoms in total. The molecule has 0 aliphatic heterocycles. The van der Waals surface area contributed by atoms with Gasteiger partial charge in [-0.05, 0) is 29.3 Å². The molecular weight excluding hydrogens is 336 g/mol. The van der Waals surface area contributed by atoms with Gasteiger partial charge in [-0.3, -0.25) is 0 Å². The van der Waals surface area contributed by atoms with Crippen molar-refractivity contribution in [2.45, 2.75) is 17.3 Å². The van der Waals surface area contributed by atoms with Gasteiger partial charge >= 0.3 is 0 Å². The van der Waals surface area contributed by atoms with E-state index in [0.717, 1.165) is 23.3 Å². The van der Waals surface area contributed by atoms with Crippen LogP contribution in [0.15, 0.2) is 47.4 Å². The molecule has 0 saturated carbocycles. The molecule has 0 spiro atoms. The lowest BCUT2D eigenvalue weighted by Crippen LogP contribution is -2.23. The van der Waals surface area contributed by atoms with E-state index in [4.69, 9.17) is 23.2 Å². The summed E-state index contributed by atoms with van der Waals surface area (Å²) in [4.78, 5) is -0.280. The van der Waals surface area contributed by atoms with Crippen LogP contribution in [0.5, 0.6) is 0 Å².